The fraction of sp³-hybridized carbons (Fsp3) is 0.375. The number of benzene rings is 1. The van der Waals surface area contributed by atoms with Gasteiger partial charge in [0.05, 0.1) is 16.4 Å². The Labute approximate surface area is 150 Å². The molecule has 138 valence electrons. The molecule has 1 aliphatic rings. The highest BCUT2D eigenvalue weighted by Crippen LogP contribution is 2.27. The van der Waals surface area contributed by atoms with Crippen LogP contribution < -0.4 is 4.74 Å². The lowest BCUT2D eigenvalue weighted by molar-refractivity contribution is -0.385. The lowest BCUT2D eigenvalue weighted by Crippen LogP contribution is -2.44. The molecule has 1 fully saturated rings. The Balaban J connectivity index is 1.83. The molecule has 1 atom stereocenters. The number of rotatable bonds is 5. The second-order valence-electron chi connectivity index (χ2n) is 6.00. The standard InChI is InChI=1S/C16H18N4O5S/c1-12-4-5-13(20(21)22)9-15(12)26(23,24)19-8-2-3-14(10-19)25-16-6-7-17-11-18-16/h4-7,9,11,14H,2-3,8,10H2,1H3. The van der Waals surface area contributed by atoms with Crippen molar-refractivity contribution in [2.45, 2.75) is 30.8 Å². The maximum absolute atomic E-state index is 13.0. The van der Waals surface area contributed by atoms with Gasteiger partial charge in [0.2, 0.25) is 15.9 Å². The van der Waals surface area contributed by atoms with Gasteiger partial charge in [-0.1, -0.05) is 6.07 Å². The van der Waals surface area contributed by atoms with Crippen molar-refractivity contribution in [3.8, 4) is 5.88 Å². The van der Waals surface area contributed by atoms with E-state index in [0.717, 1.165) is 6.07 Å². The molecule has 0 bridgehead atoms. The molecular weight excluding hydrogens is 360 g/mol. The number of hydrogen-bond acceptors (Lipinski definition) is 7. The van der Waals surface area contributed by atoms with Crippen molar-refractivity contribution in [3.05, 3.63) is 52.5 Å². The molecule has 0 spiro atoms. The average Bonchev–Trinajstić information content (AvgIpc) is 2.63. The van der Waals surface area contributed by atoms with Crippen molar-refractivity contribution in [2.24, 2.45) is 0 Å². The van der Waals surface area contributed by atoms with Crippen molar-refractivity contribution >= 4 is 15.7 Å². The number of hydrogen-bond donors (Lipinski definition) is 0. The summed E-state index contributed by atoms with van der Waals surface area (Å²) in [4.78, 5) is 18.1. The first-order valence-corrected chi connectivity index (χ1v) is 9.50. The van der Waals surface area contributed by atoms with Gasteiger partial charge in [0.25, 0.3) is 5.69 Å². The van der Waals surface area contributed by atoms with Crippen molar-refractivity contribution in [1.29, 1.82) is 0 Å². The number of piperidine rings is 1. The van der Waals surface area contributed by atoms with Crippen molar-refractivity contribution in [3.63, 3.8) is 0 Å². The lowest BCUT2D eigenvalue weighted by atomic mass is 10.1. The fourth-order valence-corrected chi connectivity index (χ4v) is 4.61. The number of ether oxygens (including phenoxy) is 1. The van der Waals surface area contributed by atoms with Gasteiger partial charge in [-0.2, -0.15) is 4.31 Å². The van der Waals surface area contributed by atoms with Crippen molar-refractivity contribution < 1.29 is 18.1 Å². The summed E-state index contributed by atoms with van der Waals surface area (Å²) >= 11 is 0. The third-order valence-electron chi connectivity index (χ3n) is 4.18. The van der Waals surface area contributed by atoms with Crippen LogP contribution >= 0.6 is 0 Å². The van der Waals surface area contributed by atoms with Crippen LogP contribution in [0.3, 0.4) is 0 Å². The topological polar surface area (TPSA) is 116 Å². The Kier molecular flexibility index (Phi) is 5.14. The predicted octanol–water partition coefficient (Wildman–Crippen LogP) is 1.93. The number of nitro benzene ring substituents is 1. The molecule has 0 aliphatic carbocycles. The second-order valence-corrected chi connectivity index (χ2v) is 7.91. The quantitative estimate of drug-likeness (QED) is 0.576. The van der Waals surface area contributed by atoms with E-state index in [1.165, 1.54) is 22.8 Å². The van der Waals surface area contributed by atoms with E-state index < -0.39 is 14.9 Å². The molecule has 1 aromatic heterocycles. The zero-order chi connectivity index (χ0) is 18.7. The number of aryl methyl sites for hydroxylation is 1. The van der Waals surface area contributed by atoms with Crippen LogP contribution in [-0.4, -0.2) is 46.8 Å². The molecular formula is C16H18N4O5S. The van der Waals surface area contributed by atoms with Crippen LogP contribution in [0.15, 0.2) is 41.7 Å². The van der Waals surface area contributed by atoms with Gasteiger partial charge in [-0.3, -0.25) is 10.1 Å². The number of nitro groups is 1. The third-order valence-corrected chi connectivity index (χ3v) is 6.19. The highest BCUT2D eigenvalue weighted by atomic mass is 32.2. The largest absolute Gasteiger partial charge is 0.473 e. The molecule has 26 heavy (non-hydrogen) atoms. The Bertz CT molecular complexity index is 904. The number of sulfonamides is 1. The summed E-state index contributed by atoms with van der Waals surface area (Å²) in [6.07, 6.45) is 3.89. The van der Waals surface area contributed by atoms with Crippen LogP contribution in [0.25, 0.3) is 0 Å². The van der Waals surface area contributed by atoms with E-state index >= 15 is 0 Å². The molecule has 2 aromatic rings. The van der Waals surface area contributed by atoms with Crippen LogP contribution in [0, 0.1) is 17.0 Å². The smallest absolute Gasteiger partial charge is 0.270 e. The molecule has 0 N–H and O–H groups in total. The third kappa shape index (κ3) is 3.81. The summed E-state index contributed by atoms with van der Waals surface area (Å²) in [5.74, 6) is 0.385. The first-order valence-electron chi connectivity index (χ1n) is 8.06. The maximum Gasteiger partial charge on any atom is 0.270 e. The van der Waals surface area contributed by atoms with Crippen LogP contribution in [-0.2, 0) is 10.0 Å². The highest BCUT2D eigenvalue weighted by molar-refractivity contribution is 7.89. The van der Waals surface area contributed by atoms with Gasteiger partial charge in [0, 0.05) is 30.9 Å². The summed E-state index contributed by atoms with van der Waals surface area (Å²) < 4.78 is 33.1. The van der Waals surface area contributed by atoms with E-state index in [1.54, 1.807) is 19.2 Å². The molecule has 1 saturated heterocycles. The minimum Gasteiger partial charge on any atom is -0.473 e. The van der Waals surface area contributed by atoms with Gasteiger partial charge in [0.15, 0.2) is 0 Å². The number of non-ortho nitro benzene ring substituents is 1. The second kappa shape index (κ2) is 7.34. The maximum atomic E-state index is 13.0. The predicted molar refractivity (Wildman–Crippen MR) is 92.3 cm³/mol. The van der Waals surface area contributed by atoms with Gasteiger partial charge < -0.3 is 4.74 Å². The average molecular weight is 378 g/mol. The summed E-state index contributed by atoms with van der Waals surface area (Å²) in [5, 5.41) is 11.0. The van der Waals surface area contributed by atoms with Crippen LogP contribution in [0.1, 0.15) is 18.4 Å². The molecule has 10 heteroatoms. The Morgan fingerprint density at radius 1 is 1.35 bits per heavy atom. The summed E-state index contributed by atoms with van der Waals surface area (Å²) in [5.41, 5.74) is 0.217. The lowest BCUT2D eigenvalue weighted by Gasteiger charge is -2.32. The normalized spacial score (nSPS) is 18.4. The van der Waals surface area contributed by atoms with Crippen LogP contribution in [0.5, 0.6) is 5.88 Å². The molecule has 1 aromatic carbocycles. The molecule has 3 rings (SSSR count). The van der Waals surface area contributed by atoms with E-state index in [2.05, 4.69) is 9.97 Å². The summed E-state index contributed by atoms with van der Waals surface area (Å²) in [7, 11) is -3.86. The number of nitrogens with zero attached hydrogens (tertiary/aromatic N) is 4. The molecule has 0 radical (unpaired) electrons. The van der Waals surface area contributed by atoms with Gasteiger partial charge in [-0.05, 0) is 25.3 Å². The summed E-state index contributed by atoms with van der Waals surface area (Å²) in [6.45, 7) is 2.12. The van der Waals surface area contributed by atoms with Crippen LogP contribution in [0.2, 0.25) is 0 Å². The van der Waals surface area contributed by atoms with Crippen molar-refractivity contribution in [1.82, 2.24) is 14.3 Å². The van der Waals surface area contributed by atoms with E-state index in [-0.39, 0.29) is 23.2 Å². The first kappa shape index (κ1) is 18.2. The van der Waals surface area contributed by atoms with Gasteiger partial charge in [-0.15, -0.1) is 0 Å². The highest BCUT2D eigenvalue weighted by Gasteiger charge is 2.33. The molecule has 1 aliphatic heterocycles. The molecule has 2 heterocycles. The minimum absolute atomic E-state index is 0.0469. The van der Waals surface area contributed by atoms with Crippen molar-refractivity contribution in [2.75, 3.05) is 13.1 Å². The van der Waals surface area contributed by atoms with E-state index in [4.69, 9.17) is 4.74 Å². The monoisotopic (exact) mass is 378 g/mol. The Morgan fingerprint density at radius 3 is 2.85 bits per heavy atom. The zero-order valence-electron chi connectivity index (χ0n) is 14.1. The minimum atomic E-state index is -3.86. The fourth-order valence-electron chi connectivity index (χ4n) is 2.86. The summed E-state index contributed by atoms with van der Waals surface area (Å²) in [6, 6.07) is 5.47. The Hall–Kier alpha value is -2.59. The molecule has 1 unspecified atom stereocenters. The van der Waals surface area contributed by atoms with E-state index in [9.17, 15) is 18.5 Å². The zero-order valence-corrected chi connectivity index (χ0v) is 14.9. The SMILES string of the molecule is Cc1ccc([N+](=O)[O-])cc1S(=O)(=O)N1CCCC(Oc2ccncn2)C1. The van der Waals surface area contributed by atoms with Gasteiger partial charge >= 0.3 is 0 Å². The van der Waals surface area contributed by atoms with Crippen LogP contribution in [0.4, 0.5) is 5.69 Å². The molecule has 9 nitrogen and oxygen atoms in total. The van der Waals surface area contributed by atoms with E-state index in [0.29, 0.717) is 30.8 Å². The number of aromatic nitrogens is 2. The molecule has 0 saturated carbocycles. The first-order chi connectivity index (χ1) is 12.4. The van der Waals surface area contributed by atoms with E-state index in [1.807, 2.05) is 0 Å². The Morgan fingerprint density at radius 2 is 2.15 bits per heavy atom. The molecule has 0 amide bonds. The van der Waals surface area contributed by atoms with Gasteiger partial charge in [-0.25, -0.2) is 18.4 Å². The van der Waals surface area contributed by atoms with Gasteiger partial charge in [0.1, 0.15) is 12.4 Å².